The summed E-state index contributed by atoms with van der Waals surface area (Å²) in [5.74, 6) is -5.14. The number of aromatic nitrogens is 5. The molecule has 5 rings (SSSR count). The lowest BCUT2D eigenvalue weighted by molar-refractivity contribution is -0.290. The summed E-state index contributed by atoms with van der Waals surface area (Å²) in [4.78, 5) is 8.09. The van der Waals surface area contributed by atoms with E-state index < -0.39 is 17.8 Å². The summed E-state index contributed by atoms with van der Waals surface area (Å²) in [6.07, 6.45) is -4.74. The Morgan fingerprint density at radius 3 is 2.33 bits per heavy atom. The topological polar surface area (TPSA) is 69.1 Å². The third-order valence-corrected chi connectivity index (χ3v) is 5.83. The molecule has 0 N–H and O–H groups in total. The number of imidazole rings is 1. The molecule has 6 nitrogen and oxygen atoms in total. The van der Waals surface area contributed by atoms with Crippen molar-refractivity contribution >= 4 is 32.6 Å². The van der Waals surface area contributed by atoms with Gasteiger partial charge in [-0.25, -0.2) is 9.97 Å². The average Bonchev–Trinajstić information content (AvgIpc) is 3.40. The lowest BCUT2D eigenvalue weighted by Crippen LogP contribution is -2.34. The summed E-state index contributed by atoms with van der Waals surface area (Å²) in [5.41, 5.74) is 0.381. The third kappa shape index (κ3) is 3.36. The van der Waals surface area contributed by atoms with Crippen molar-refractivity contribution in [1.29, 1.82) is 0 Å². The summed E-state index contributed by atoms with van der Waals surface area (Å²) >= 11 is 3.32. The molecule has 5 aromatic rings. The Morgan fingerprint density at radius 2 is 1.70 bits per heavy atom. The third-order valence-electron chi connectivity index (χ3n) is 5.10. The van der Waals surface area contributed by atoms with Gasteiger partial charge in [0, 0.05) is 5.39 Å². The number of rotatable bonds is 3. The first kappa shape index (κ1) is 21.4. The maximum atomic E-state index is 14.4. The van der Waals surface area contributed by atoms with Crippen molar-refractivity contribution in [3.8, 4) is 22.7 Å². The standard InChI is InChI=1S/C21H11BrF5N5O/c1-10-2-4-11(5-3-10)13-8-14(20(23,24)21(25,26)27)29-18-12(13)6-7-15-30-16(17(22)32(15)18)19-31-28-9-33-19/h2-9H,1H3. The fourth-order valence-electron chi connectivity index (χ4n) is 3.45. The van der Waals surface area contributed by atoms with Crippen LogP contribution >= 0.6 is 15.9 Å². The van der Waals surface area contributed by atoms with Crippen LogP contribution < -0.4 is 0 Å². The summed E-state index contributed by atoms with van der Waals surface area (Å²) in [6.45, 7) is 1.84. The van der Waals surface area contributed by atoms with Crippen LogP contribution in [0.25, 0.3) is 39.4 Å². The first-order valence-electron chi connectivity index (χ1n) is 9.38. The fourth-order valence-corrected chi connectivity index (χ4v) is 4.06. The van der Waals surface area contributed by atoms with Crippen molar-refractivity contribution in [3.63, 3.8) is 0 Å². The summed E-state index contributed by atoms with van der Waals surface area (Å²) in [5, 5.41) is 7.70. The molecule has 12 heteroatoms. The number of aryl methyl sites for hydroxylation is 1. The number of benzene rings is 1. The van der Waals surface area contributed by atoms with Gasteiger partial charge >= 0.3 is 12.1 Å². The molecule has 33 heavy (non-hydrogen) atoms. The molecule has 0 bridgehead atoms. The molecular formula is C21H11BrF5N5O. The van der Waals surface area contributed by atoms with Gasteiger partial charge in [-0.05, 0) is 52.2 Å². The number of nitrogens with zero attached hydrogens (tertiary/aromatic N) is 5. The average molecular weight is 524 g/mol. The highest BCUT2D eigenvalue weighted by atomic mass is 79.9. The van der Waals surface area contributed by atoms with E-state index in [1.807, 2.05) is 6.92 Å². The van der Waals surface area contributed by atoms with E-state index in [0.29, 0.717) is 10.9 Å². The monoisotopic (exact) mass is 523 g/mol. The van der Waals surface area contributed by atoms with Crippen LogP contribution in [0.3, 0.4) is 0 Å². The maximum Gasteiger partial charge on any atom is 0.459 e. The summed E-state index contributed by atoms with van der Waals surface area (Å²) in [7, 11) is 0. The fraction of sp³-hybridized carbons (Fsp3) is 0.143. The van der Waals surface area contributed by atoms with Gasteiger partial charge in [-0.15, -0.1) is 10.2 Å². The van der Waals surface area contributed by atoms with Crippen LogP contribution in [0.1, 0.15) is 11.3 Å². The molecule has 0 unspecified atom stereocenters. The number of halogens is 6. The Balaban J connectivity index is 1.89. The minimum Gasteiger partial charge on any atom is -0.422 e. The van der Waals surface area contributed by atoms with Crippen molar-refractivity contribution in [3.05, 3.63) is 64.7 Å². The van der Waals surface area contributed by atoms with E-state index in [-0.39, 0.29) is 33.0 Å². The van der Waals surface area contributed by atoms with Gasteiger partial charge < -0.3 is 4.42 Å². The molecular weight excluding hydrogens is 513 g/mol. The van der Waals surface area contributed by atoms with Crippen LogP contribution in [0.4, 0.5) is 22.0 Å². The first-order chi connectivity index (χ1) is 15.6. The van der Waals surface area contributed by atoms with Gasteiger partial charge in [0.25, 0.3) is 5.89 Å². The van der Waals surface area contributed by atoms with Gasteiger partial charge in [-0.3, -0.25) is 4.40 Å². The highest BCUT2D eigenvalue weighted by molar-refractivity contribution is 9.10. The predicted octanol–water partition coefficient (Wildman–Crippen LogP) is 6.32. The second-order valence-corrected chi connectivity index (χ2v) is 8.00. The molecule has 168 valence electrons. The SMILES string of the molecule is Cc1ccc(-c2cc(C(F)(F)C(F)(F)F)nc3c2ccc2nc(-c4nnco4)c(Br)n23)cc1. The molecule has 1 aromatic carbocycles. The summed E-state index contributed by atoms with van der Waals surface area (Å²) < 4.78 is 75.3. The molecule has 0 atom stereocenters. The Bertz CT molecular complexity index is 1490. The van der Waals surface area contributed by atoms with Gasteiger partial charge in [0.05, 0.1) is 0 Å². The minimum absolute atomic E-state index is 0.0364. The zero-order chi connectivity index (χ0) is 23.5. The largest absolute Gasteiger partial charge is 0.459 e. The highest BCUT2D eigenvalue weighted by Crippen LogP contribution is 2.45. The molecule has 4 heterocycles. The molecule has 0 fully saturated rings. The van der Waals surface area contributed by atoms with Crippen molar-refractivity contribution in [2.75, 3.05) is 0 Å². The highest BCUT2D eigenvalue weighted by Gasteiger charge is 2.60. The number of fused-ring (bicyclic) bond motifs is 3. The predicted molar refractivity (Wildman–Crippen MR) is 112 cm³/mol. The normalized spacial score (nSPS) is 12.7. The minimum atomic E-state index is -5.83. The van der Waals surface area contributed by atoms with E-state index >= 15 is 0 Å². The Hall–Kier alpha value is -3.41. The molecule has 4 aromatic heterocycles. The quantitative estimate of drug-likeness (QED) is 0.258. The van der Waals surface area contributed by atoms with Crippen molar-refractivity contribution < 1.29 is 26.4 Å². The second-order valence-electron chi connectivity index (χ2n) is 7.25. The van der Waals surface area contributed by atoms with Crippen LogP contribution in [-0.2, 0) is 5.92 Å². The summed E-state index contributed by atoms with van der Waals surface area (Å²) in [6, 6.07) is 10.7. The van der Waals surface area contributed by atoms with Gasteiger partial charge in [0.15, 0.2) is 5.69 Å². The molecule has 0 aliphatic rings. The zero-order valence-corrected chi connectivity index (χ0v) is 18.1. The van der Waals surface area contributed by atoms with E-state index in [1.54, 1.807) is 36.4 Å². The number of alkyl halides is 5. The van der Waals surface area contributed by atoms with Gasteiger partial charge in [0.1, 0.15) is 21.6 Å². The van der Waals surface area contributed by atoms with Crippen molar-refractivity contribution in [2.24, 2.45) is 0 Å². The van der Waals surface area contributed by atoms with Crippen LogP contribution in [0.5, 0.6) is 0 Å². The maximum absolute atomic E-state index is 14.4. The number of pyridine rings is 2. The molecule has 0 amide bonds. The smallest absolute Gasteiger partial charge is 0.422 e. The van der Waals surface area contributed by atoms with E-state index in [2.05, 4.69) is 36.1 Å². The van der Waals surface area contributed by atoms with Crippen molar-refractivity contribution in [2.45, 2.75) is 19.0 Å². The van der Waals surface area contributed by atoms with Crippen LogP contribution in [0, 0.1) is 6.92 Å². The Morgan fingerprint density at radius 1 is 0.970 bits per heavy atom. The van der Waals surface area contributed by atoms with Crippen LogP contribution in [0.15, 0.2) is 57.9 Å². The van der Waals surface area contributed by atoms with Gasteiger partial charge in [-0.1, -0.05) is 29.8 Å². The van der Waals surface area contributed by atoms with E-state index in [0.717, 1.165) is 18.0 Å². The van der Waals surface area contributed by atoms with Gasteiger partial charge in [-0.2, -0.15) is 22.0 Å². The van der Waals surface area contributed by atoms with E-state index in [1.165, 1.54) is 4.40 Å². The molecule has 0 saturated heterocycles. The van der Waals surface area contributed by atoms with Gasteiger partial charge in [0.2, 0.25) is 6.39 Å². The zero-order valence-electron chi connectivity index (χ0n) is 16.5. The van der Waals surface area contributed by atoms with Crippen LogP contribution in [0.2, 0.25) is 0 Å². The van der Waals surface area contributed by atoms with Crippen molar-refractivity contribution in [1.82, 2.24) is 24.6 Å². The molecule has 0 radical (unpaired) electrons. The lowest BCUT2D eigenvalue weighted by Gasteiger charge is -2.21. The lowest BCUT2D eigenvalue weighted by atomic mass is 9.99. The Kier molecular flexibility index (Phi) is 4.74. The van der Waals surface area contributed by atoms with Crippen LogP contribution in [-0.4, -0.2) is 30.7 Å². The molecule has 0 aliphatic heterocycles. The molecule has 0 aliphatic carbocycles. The van der Waals surface area contributed by atoms with E-state index in [4.69, 9.17) is 4.42 Å². The molecule has 0 saturated carbocycles. The number of hydrogen-bond donors (Lipinski definition) is 0. The number of hydrogen-bond acceptors (Lipinski definition) is 5. The first-order valence-corrected chi connectivity index (χ1v) is 10.2. The van der Waals surface area contributed by atoms with E-state index in [9.17, 15) is 22.0 Å². The molecule has 0 spiro atoms. The second kappa shape index (κ2) is 7.30. The Labute approximate surface area is 190 Å².